The summed E-state index contributed by atoms with van der Waals surface area (Å²) in [6.07, 6.45) is 6.69. The fourth-order valence-electron chi connectivity index (χ4n) is 3.12. The van der Waals surface area contributed by atoms with Crippen LogP contribution >= 0.6 is 11.3 Å². The smallest absolute Gasteiger partial charge is 0.0963 e. The van der Waals surface area contributed by atoms with Crippen molar-refractivity contribution in [1.82, 2.24) is 4.98 Å². The predicted molar refractivity (Wildman–Crippen MR) is 87.0 cm³/mol. The molecule has 0 amide bonds. The number of anilines is 1. The molecule has 106 valence electrons. The van der Waals surface area contributed by atoms with Crippen molar-refractivity contribution < 1.29 is 0 Å². The zero-order valence-corrected chi connectivity index (χ0v) is 12.8. The highest BCUT2D eigenvalue weighted by molar-refractivity contribution is 7.10. The molecule has 1 aromatic carbocycles. The zero-order valence-electron chi connectivity index (χ0n) is 12.0. The Morgan fingerprint density at radius 3 is 2.75 bits per heavy atom. The maximum absolute atomic E-state index is 5.85. The van der Waals surface area contributed by atoms with Crippen LogP contribution in [0.1, 0.15) is 50.0 Å². The molecule has 0 bridgehead atoms. The minimum atomic E-state index is 0.678. The Hall–Kier alpha value is -1.35. The molecule has 1 heterocycles. The summed E-state index contributed by atoms with van der Waals surface area (Å²) >= 11 is 1.81. The fraction of sp³-hybridized carbons (Fsp3) is 0.471. The van der Waals surface area contributed by atoms with Gasteiger partial charge in [-0.25, -0.2) is 4.98 Å². The summed E-state index contributed by atoms with van der Waals surface area (Å²) < 4.78 is 0. The molecule has 2 N–H and O–H groups in total. The first-order valence-corrected chi connectivity index (χ1v) is 8.45. The first-order chi connectivity index (χ1) is 9.76. The van der Waals surface area contributed by atoms with Crippen molar-refractivity contribution in [3.63, 3.8) is 0 Å². The molecular weight excluding hydrogens is 264 g/mol. The van der Waals surface area contributed by atoms with Crippen LogP contribution in [0.5, 0.6) is 0 Å². The van der Waals surface area contributed by atoms with Gasteiger partial charge < -0.3 is 5.73 Å². The largest absolute Gasteiger partial charge is 0.399 e. The van der Waals surface area contributed by atoms with E-state index in [0.717, 1.165) is 22.9 Å². The van der Waals surface area contributed by atoms with Gasteiger partial charge >= 0.3 is 0 Å². The summed E-state index contributed by atoms with van der Waals surface area (Å²) in [6.45, 7) is 2.31. The number of nitrogens with zero attached hydrogens (tertiary/aromatic N) is 1. The number of benzene rings is 1. The highest BCUT2D eigenvalue weighted by Gasteiger charge is 2.23. The van der Waals surface area contributed by atoms with Gasteiger partial charge in [-0.15, -0.1) is 11.3 Å². The number of thiazole rings is 1. The highest BCUT2D eigenvalue weighted by atomic mass is 32.1. The molecule has 20 heavy (non-hydrogen) atoms. The van der Waals surface area contributed by atoms with E-state index in [-0.39, 0.29) is 0 Å². The fourth-order valence-corrected chi connectivity index (χ4v) is 4.12. The average molecular weight is 286 g/mol. The van der Waals surface area contributed by atoms with Crippen LogP contribution in [0.25, 0.3) is 11.3 Å². The summed E-state index contributed by atoms with van der Waals surface area (Å²) in [5.74, 6) is 1.62. The number of nitrogen functional groups attached to an aromatic ring is 1. The number of rotatable bonds is 3. The Bertz CT molecular complexity index is 568. The van der Waals surface area contributed by atoms with E-state index in [0.29, 0.717) is 5.92 Å². The molecule has 1 aliphatic rings. The average Bonchev–Trinajstić information content (AvgIpc) is 2.97. The Labute approximate surface area is 125 Å². The SMILES string of the molecule is CCC1CCC(c2nc(-c3cccc(N)c3)cs2)CC1. The van der Waals surface area contributed by atoms with Crippen LogP contribution in [0.3, 0.4) is 0 Å². The van der Waals surface area contributed by atoms with Gasteiger partial charge in [0.2, 0.25) is 0 Å². The Kier molecular flexibility index (Phi) is 4.06. The summed E-state index contributed by atoms with van der Waals surface area (Å²) in [4.78, 5) is 4.86. The van der Waals surface area contributed by atoms with Gasteiger partial charge in [0.25, 0.3) is 0 Å². The van der Waals surface area contributed by atoms with E-state index in [1.807, 2.05) is 29.5 Å². The van der Waals surface area contributed by atoms with Crippen molar-refractivity contribution in [2.75, 3.05) is 5.73 Å². The van der Waals surface area contributed by atoms with Gasteiger partial charge in [0.15, 0.2) is 0 Å². The highest BCUT2D eigenvalue weighted by Crippen LogP contribution is 2.39. The van der Waals surface area contributed by atoms with Gasteiger partial charge in [-0.1, -0.05) is 25.5 Å². The van der Waals surface area contributed by atoms with Crippen LogP contribution in [0, 0.1) is 5.92 Å². The van der Waals surface area contributed by atoms with Crippen LogP contribution < -0.4 is 5.73 Å². The zero-order chi connectivity index (χ0) is 13.9. The molecule has 0 spiro atoms. The van der Waals surface area contributed by atoms with Gasteiger partial charge in [0, 0.05) is 22.5 Å². The molecule has 1 aliphatic carbocycles. The maximum atomic E-state index is 5.85. The molecular formula is C17H22N2S. The second kappa shape index (κ2) is 5.96. The maximum Gasteiger partial charge on any atom is 0.0963 e. The van der Waals surface area contributed by atoms with E-state index in [4.69, 9.17) is 10.7 Å². The minimum absolute atomic E-state index is 0.678. The van der Waals surface area contributed by atoms with Crippen molar-refractivity contribution in [1.29, 1.82) is 0 Å². The molecule has 0 unspecified atom stereocenters. The van der Waals surface area contributed by atoms with Gasteiger partial charge in [-0.3, -0.25) is 0 Å². The molecule has 0 atom stereocenters. The summed E-state index contributed by atoms with van der Waals surface area (Å²) in [7, 11) is 0. The van der Waals surface area contributed by atoms with E-state index in [2.05, 4.69) is 18.4 Å². The van der Waals surface area contributed by atoms with E-state index in [1.165, 1.54) is 37.1 Å². The van der Waals surface area contributed by atoms with Crippen LogP contribution in [0.2, 0.25) is 0 Å². The first-order valence-electron chi connectivity index (χ1n) is 7.57. The van der Waals surface area contributed by atoms with E-state index in [1.54, 1.807) is 0 Å². The molecule has 0 radical (unpaired) electrons. The van der Waals surface area contributed by atoms with Gasteiger partial charge in [0.1, 0.15) is 0 Å². The van der Waals surface area contributed by atoms with Gasteiger partial charge in [-0.05, 0) is 43.7 Å². The number of aromatic nitrogens is 1. The number of hydrogen-bond donors (Lipinski definition) is 1. The molecule has 1 aromatic heterocycles. The number of nitrogens with two attached hydrogens (primary N) is 1. The third-order valence-electron chi connectivity index (χ3n) is 4.48. The molecule has 2 aromatic rings. The van der Waals surface area contributed by atoms with Crippen LogP contribution in [0.15, 0.2) is 29.6 Å². The van der Waals surface area contributed by atoms with Crippen molar-refractivity contribution >= 4 is 17.0 Å². The lowest BCUT2D eigenvalue weighted by molar-refractivity contribution is 0.318. The summed E-state index contributed by atoms with van der Waals surface area (Å²) in [6, 6.07) is 8.01. The lowest BCUT2D eigenvalue weighted by Gasteiger charge is -2.26. The molecule has 3 rings (SSSR count). The van der Waals surface area contributed by atoms with Crippen molar-refractivity contribution in [2.24, 2.45) is 5.92 Å². The summed E-state index contributed by atoms with van der Waals surface area (Å²) in [5.41, 5.74) is 8.87. The lowest BCUT2D eigenvalue weighted by atomic mass is 9.81. The minimum Gasteiger partial charge on any atom is -0.399 e. The third kappa shape index (κ3) is 2.88. The van der Waals surface area contributed by atoms with Crippen molar-refractivity contribution in [2.45, 2.75) is 44.9 Å². The standard InChI is InChI=1S/C17H22N2S/c1-2-12-6-8-13(9-7-12)17-19-16(11-20-17)14-4-3-5-15(18)10-14/h3-5,10-13H,2,6-9,18H2,1H3. The third-order valence-corrected chi connectivity index (χ3v) is 5.48. The van der Waals surface area contributed by atoms with Gasteiger partial charge in [-0.2, -0.15) is 0 Å². The number of hydrogen-bond acceptors (Lipinski definition) is 3. The molecule has 3 heteroatoms. The Balaban J connectivity index is 1.74. The molecule has 1 fully saturated rings. The van der Waals surface area contributed by atoms with E-state index >= 15 is 0 Å². The van der Waals surface area contributed by atoms with Crippen molar-refractivity contribution in [3.05, 3.63) is 34.7 Å². The topological polar surface area (TPSA) is 38.9 Å². The van der Waals surface area contributed by atoms with Gasteiger partial charge in [0.05, 0.1) is 10.7 Å². The Morgan fingerprint density at radius 2 is 2.05 bits per heavy atom. The molecule has 0 saturated heterocycles. The van der Waals surface area contributed by atoms with Crippen LogP contribution in [-0.2, 0) is 0 Å². The quantitative estimate of drug-likeness (QED) is 0.799. The molecule has 0 aliphatic heterocycles. The second-order valence-electron chi connectivity index (χ2n) is 5.82. The molecule has 1 saturated carbocycles. The Morgan fingerprint density at radius 1 is 1.25 bits per heavy atom. The predicted octanol–water partition coefficient (Wildman–Crippen LogP) is 5.08. The normalized spacial score (nSPS) is 22.9. The molecule has 2 nitrogen and oxygen atoms in total. The van der Waals surface area contributed by atoms with Crippen LogP contribution in [-0.4, -0.2) is 4.98 Å². The van der Waals surface area contributed by atoms with Crippen LogP contribution in [0.4, 0.5) is 5.69 Å². The van der Waals surface area contributed by atoms with Crippen molar-refractivity contribution in [3.8, 4) is 11.3 Å². The lowest BCUT2D eigenvalue weighted by Crippen LogP contribution is -2.12. The van der Waals surface area contributed by atoms with E-state index in [9.17, 15) is 0 Å². The second-order valence-corrected chi connectivity index (χ2v) is 6.71. The monoisotopic (exact) mass is 286 g/mol. The van der Waals surface area contributed by atoms with E-state index < -0.39 is 0 Å². The summed E-state index contributed by atoms with van der Waals surface area (Å²) in [5, 5.41) is 3.49. The first kappa shape index (κ1) is 13.6.